The Balaban J connectivity index is 1.53. The molecule has 0 amide bonds. The fourth-order valence-electron chi connectivity index (χ4n) is 8.03. The summed E-state index contributed by atoms with van der Waals surface area (Å²) in [6.07, 6.45) is 6.28. The average Bonchev–Trinajstić information content (AvgIpc) is 3.76. The lowest BCUT2D eigenvalue weighted by atomic mass is 9.71. The van der Waals surface area contributed by atoms with E-state index in [1.165, 1.54) is 0 Å². The Morgan fingerprint density at radius 2 is 2.00 bits per heavy atom. The number of ketones is 1. The van der Waals surface area contributed by atoms with Crippen LogP contribution in [0.3, 0.4) is 0 Å². The van der Waals surface area contributed by atoms with Gasteiger partial charge < -0.3 is 39.4 Å². The first kappa shape index (κ1) is 34.8. The molecule has 2 aromatic rings. The Bertz CT molecular complexity index is 2020. The van der Waals surface area contributed by atoms with Crippen LogP contribution >= 0.6 is 0 Å². The minimum atomic E-state index is -1.29. The molecule has 5 aliphatic rings. The van der Waals surface area contributed by atoms with E-state index < -0.39 is 54.4 Å². The van der Waals surface area contributed by atoms with Crippen molar-refractivity contribution < 1.29 is 53.8 Å². The maximum absolute atomic E-state index is 13.9. The van der Waals surface area contributed by atoms with E-state index in [-0.39, 0.29) is 84.4 Å². The van der Waals surface area contributed by atoms with Gasteiger partial charge >= 0.3 is 5.97 Å². The monoisotopic (exact) mass is 699 g/mol. The molecule has 12 heteroatoms. The highest BCUT2D eigenvalue weighted by Gasteiger charge is 2.51. The van der Waals surface area contributed by atoms with Crippen molar-refractivity contribution in [1.82, 2.24) is 0 Å². The first-order valence-corrected chi connectivity index (χ1v) is 17.4. The second kappa shape index (κ2) is 13.8. The van der Waals surface area contributed by atoms with E-state index >= 15 is 0 Å². The zero-order chi connectivity index (χ0) is 36.0. The molecule has 5 unspecified atom stereocenters. The first-order chi connectivity index (χ1) is 24.7. The highest BCUT2D eigenvalue weighted by molar-refractivity contribution is 6.11. The summed E-state index contributed by atoms with van der Waals surface area (Å²) < 4.78 is 24.5. The highest BCUT2D eigenvalue weighted by atomic mass is 16.6. The van der Waals surface area contributed by atoms with E-state index in [2.05, 4.69) is 4.99 Å². The largest absolute Gasteiger partial charge is 0.492 e. The van der Waals surface area contributed by atoms with Gasteiger partial charge in [0, 0.05) is 41.9 Å². The van der Waals surface area contributed by atoms with Gasteiger partial charge in [0.2, 0.25) is 5.76 Å². The number of benzene rings is 2. The molecule has 2 aromatic carbocycles. The smallest absolute Gasteiger partial charge is 0.375 e. The number of nitrogens with zero attached hydrogens (tertiary/aromatic N) is 1. The fraction of sp³-hybridized carbons (Fsp3) is 0.436. The second-order valence-corrected chi connectivity index (χ2v) is 13.7. The van der Waals surface area contributed by atoms with Crippen LogP contribution in [0.2, 0.25) is 0 Å². The number of esters is 1. The SMILES string of the molecule is CCOC(=O)C1=C(C=O)C(=C2CC(CO)C(=O)C(c3ccc4c(c3)=CCN=4)C2)c2c(c(CO)c3c(c2OCCCO)C2C=CCC(C)(O)C2O3)O1. The second-order valence-electron chi connectivity index (χ2n) is 13.7. The summed E-state index contributed by atoms with van der Waals surface area (Å²) in [4.78, 5) is 45.1. The molecule has 0 spiro atoms. The van der Waals surface area contributed by atoms with E-state index in [9.17, 15) is 34.8 Å². The molecule has 0 bridgehead atoms. The van der Waals surface area contributed by atoms with Crippen LogP contribution in [0, 0.1) is 5.92 Å². The fourth-order valence-corrected chi connectivity index (χ4v) is 8.03. The molecule has 0 saturated heterocycles. The van der Waals surface area contributed by atoms with Gasteiger partial charge in [-0.15, -0.1) is 0 Å². The standard InChI is InChI=1S/C39H41NO11/c1-3-48-38(46)35-26(18-43)29(22-15-23(17-42)32(45)25(16-22)20-7-8-28-21(14-20)9-11-40-28)31-34(50-35)27(19-44)33-30(36(31)49-13-5-12-41)24-6-4-10-39(2,47)37(24)51-33/h4,6-9,14,18,23-25,37,41-42,44,47H,3,5,10-13,15-17,19H2,1-2H3. The number of Topliss-reactive ketones (excluding diaryl/α,β-unsaturated/α-hetero) is 1. The number of carbonyl (C=O) groups is 3. The van der Waals surface area contributed by atoms with Crippen molar-refractivity contribution in [3.05, 3.63) is 80.1 Å². The van der Waals surface area contributed by atoms with Crippen molar-refractivity contribution in [3.63, 3.8) is 0 Å². The lowest BCUT2D eigenvalue weighted by Gasteiger charge is -2.35. The molecule has 12 nitrogen and oxygen atoms in total. The van der Waals surface area contributed by atoms with Crippen molar-refractivity contribution in [1.29, 1.82) is 0 Å². The van der Waals surface area contributed by atoms with E-state index in [4.69, 9.17) is 18.9 Å². The normalized spacial score (nSPS) is 27.3. The van der Waals surface area contributed by atoms with Crippen molar-refractivity contribution in [2.75, 3.05) is 33.0 Å². The molecular weight excluding hydrogens is 658 g/mol. The van der Waals surface area contributed by atoms with Crippen LogP contribution in [-0.4, -0.2) is 83.1 Å². The Morgan fingerprint density at radius 1 is 1.18 bits per heavy atom. The molecule has 51 heavy (non-hydrogen) atoms. The number of aldehydes is 1. The lowest BCUT2D eigenvalue weighted by molar-refractivity contribution is -0.141. The van der Waals surface area contributed by atoms with Gasteiger partial charge in [0.05, 0.1) is 55.0 Å². The number of rotatable bonds is 10. The zero-order valence-electron chi connectivity index (χ0n) is 28.5. The predicted octanol–water partition coefficient (Wildman–Crippen LogP) is 1.83. The number of aliphatic hydroxyl groups excluding tert-OH is 3. The summed E-state index contributed by atoms with van der Waals surface area (Å²) >= 11 is 0. The van der Waals surface area contributed by atoms with Gasteiger partial charge in [-0.05, 0) is 56.0 Å². The predicted molar refractivity (Wildman–Crippen MR) is 182 cm³/mol. The average molecular weight is 700 g/mol. The summed E-state index contributed by atoms with van der Waals surface area (Å²) in [5, 5.41) is 44.3. The van der Waals surface area contributed by atoms with Crippen molar-refractivity contribution in [2.24, 2.45) is 10.9 Å². The van der Waals surface area contributed by atoms with Gasteiger partial charge in [-0.25, -0.2) is 4.79 Å². The van der Waals surface area contributed by atoms with Crippen LogP contribution in [-0.2, 0) is 25.7 Å². The number of aliphatic hydroxyl groups is 4. The Morgan fingerprint density at radius 3 is 2.73 bits per heavy atom. The number of fused-ring (bicyclic) bond motifs is 5. The number of ether oxygens (including phenoxy) is 4. The minimum Gasteiger partial charge on any atom is -0.492 e. The van der Waals surface area contributed by atoms with Crippen LogP contribution < -0.4 is 24.8 Å². The van der Waals surface area contributed by atoms with E-state index in [0.717, 1.165) is 16.1 Å². The molecule has 268 valence electrons. The molecular formula is C39H41NO11. The molecule has 5 atom stereocenters. The van der Waals surface area contributed by atoms with Crippen molar-refractivity contribution in [2.45, 2.75) is 69.7 Å². The van der Waals surface area contributed by atoms with Gasteiger partial charge in [-0.2, -0.15) is 0 Å². The third-order valence-electron chi connectivity index (χ3n) is 10.4. The van der Waals surface area contributed by atoms with E-state index in [1.54, 1.807) is 13.8 Å². The molecule has 1 fully saturated rings. The number of carbonyl (C=O) groups excluding carboxylic acids is 3. The Labute approximate surface area is 294 Å². The van der Waals surface area contributed by atoms with Gasteiger partial charge in [0.25, 0.3) is 0 Å². The van der Waals surface area contributed by atoms with Crippen LogP contribution in [0.25, 0.3) is 11.6 Å². The minimum absolute atomic E-state index is 0.0106. The van der Waals surface area contributed by atoms with Crippen molar-refractivity contribution in [3.8, 4) is 17.2 Å². The van der Waals surface area contributed by atoms with Crippen LogP contribution in [0.4, 0.5) is 0 Å². The van der Waals surface area contributed by atoms with Gasteiger partial charge in [0.15, 0.2) is 6.29 Å². The third kappa shape index (κ3) is 5.80. The molecule has 2 aliphatic carbocycles. The van der Waals surface area contributed by atoms with E-state index in [1.807, 2.05) is 36.4 Å². The van der Waals surface area contributed by atoms with Crippen molar-refractivity contribution >= 4 is 29.7 Å². The molecule has 4 N–H and O–H groups in total. The zero-order valence-corrected chi connectivity index (χ0v) is 28.5. The lowest BCUT2D eigenvalue weighted by Crippen LogP contribution is -2.45. The molecule has 1 saturated carbocycles. The van der Waals surface area contributed by atoms with E-state index in [0.29, 0.717) is 30.4 Å². The quantitative estimate of drug-likeness (QED) is 0.123. The summed E-state index contributed by atoms with van der Waals surface area (Å²) in [5.41, 5.74) is 1.16. The van der Waals surface area contributed by atoms with Gasteiger partial charge in [-0.3, -0.25) is 14.6 Å². The maximum atomic E-state index is 13.9. The van der Waals surface area contributed by atoms with Crippen LogP contribution in [0.1, 0.15) is 73.6 Å². The molecule has 3 aliphatic heterocycles. The molecule has 7 rings (SSSR count). The van der Waals surface area contributed by atoms with Crippen LogP contribution in [0.5, 0.6) is 17.2 Å². The van der Waals surface area contributed by atoms with Gasteiger partial charge in [0.1, 0.15) is 34.7 Å². The summed E-state index contributed by atoms with van der Waals surface area (Å²) in [7, 11) is 0. The summed E-state index contributed by atoms with van der Waals surface area (Å²) in [5.74, 6) is -3.02. The summed E-state index contributed by atoms with van der Waals surface area (Å²) in [6.45, 7) is 2.65. The number of allylic oxidation sites excluding steroid dienone is 3. The first-order valence-electron chi connectivity index (χ1n) is 17.4. The molecule has 0 radical (unpaired) electrons. The molecule has 0 aromatic heterocycles. The van der Waals surface area contributed by atoms with Crippen LogP contribution in [0.15, 0.2) is 52.2 Å². The highest BCUT2D eigenvalue weighted by Crippen LogP contribution is 2.60. The van der Waals surface area contributed by atoms with Gasteiger partial charge in [-0.1, -0.05) is 29.9 Å². The summed E-state index contributed by atoms with van der Waals surface area (Å²) in [6, 6.07) is 5.64. The molecule has 3 heterocycles. The number of hydrogen-bond acceptors (Lipinski definition) is 12. The Kier molecular flexibility index (Phi) is 9.44. The maximum Gasteiger partial charge on any atom is 0.375 e. The topological polar surface area (TPSA) is 181 Å². The third-order valence-corrected chi connectivity index (χ3v) is 10.4. The number of hydrogen-bond donors (Lipinski definition) is 4. The Hall–Kier alpha value is -4.62.